The average molecular weight is 282 g/mol. The van der Waals surface area contributed by atoms with Gasteiger partial charge in [0.2, 0.25) is 5.91 Å². The molecular formula is C15H20ClNO2. The number of hydrogen-bond donors (Lipinski definition) is 1. The van der Waals surface area contributed by atoms with Gasteiger partial charge in [0.15, 0.2) is 0 Å². The molecule has 1 aromatic carbocycles. The number of para-hydroxylation sites is 1. The smallest absolute Gasteiger partial charge is 0.242 e. The van der Waals surface area contributed by atoms with Crippen molar-refractivity contribution in [1.82, 2.24) is 5.32 Å². The number of fused-ring (bicyclic) bond motifs is 1. The van der Waals surface area contributed by atoms with Crippen LogP contribution in [0.1, 0.15) is 43.7 Å². The van der Waals surface area contributed by atoms with Gasteiger partial charge in [0, 0.05) is 18.5 Å². The van der Waals surface area contributed by atoms with Crippen molar-refractivity contribution in [2.24, 2.45) is 0 Å². The van der Waals surface area contributed by atoms with Crippen LogP contribution in [0.2, 0.25) is 0 Å². The molecule has 2 rings (SSSR count). The van der Waals surface area contributed by atoms with Gasteiger partial charge in [-0.3, -0.25) is 4.79 Å². The van der Waals surface area contributed by atoms with Crippen molar-refractivity contribution in [3.05, 3.63) is 29.3 Å². The lowest BCUT2D eigenvalue weighted by Gasteiger charge is -2.19. The summed E-state index contributed by atoms with van der Waals surface area (Å²) in [6.07, 6.45) is 1.74. The van der Waals surface area contributed by atoms with Crippen LogP contribution in [0, 0.1) is 0 Å². The molecule has 1 N–H and O–H groups in total. The van der Waals surface area contributed by atoms with Crippen molar-refractivity contribution in [3.63, 3.8) is 0 Å². The molecule has 0 radical (unpaired) electrons. The van der Waals surface area contributed by atoms with Crippen LogP contribution < -0.4 is 10.1 Å². The van der Waals surface area contributed by atoms with E-state index in [4.69, 9.17) is 16.3 Å². The number of ether oxygens (including phenoxy) is 1. The lowest BCUT2D eigenvalue weighted by atomic mass is 9.99. The van der Waals surface area contributed by atoms with Crippen molar-refractivity contribution in [2.75, 3.05) is 6.54 Å². The van der Waals surface area contributed by atoms with Gasteiger partial charge in [0.05, 0.1) is 0 Å². The zero-order chi connectivity index (χ0) is 14.0. The molecule has 1 unspecified atom stereocenters. The second kappa shape index (κ2) is 5.41. The fourth-order valence-electron chi connectivity index (χ4n) is 2.32. The van der Waals surface area contributed by atoms with Crippen LogP contribution >= 0.6 is 11.6 Å². The van der Waals surface area contributed by atoms with E-state index in [-0.39, 0.29) is 11.5 Å². The van der Waals surface area contributed by atoms with Crippen LogP contribution in [0.5, 0.6) is 5.75 Å². The predicted octanol–water partition coefficient (Wildman–Crippen LogP) is 3.21. The van der Waals surface area contributed by atoms with E-state index in [1.807, 2.05) is 39.0 Å². The van der Waals surface area contributed by atoms with Crippen LogP contribution in [-0.4, -0.2) is 18.1 Å². The minimum Gasteiger partial charge on any atom is -0.487 e. The highest BCUT2D eigenvalue weighted by molar-refractivity contribution is 6.31. The molecule has 3 nitrogen and oxygen atoms in total. The Morgan fingerprint density at radius 1 is 1.53 bits per heavy atom. The highest BCUT2D eigenvalue weighted by atomic mass is 35.5. The minimum absolute atomic E-state index is 0.162. The Bertz CT molecular complexity index is 485. The largest absolute Gasteiger partial charge is 0.487 e. The Labute approximate surface area is 119 Å². The molecule has 0 fully saturated rings. The maximum Gasteiger partial charge on any atom is 0.242 e. The quantitative estimate of drug-likeness (QED) is 0.861. The van der Waals surface area contributed by atoms with Crippen LogP contribution in [0.4, 0.5) is 0 Å². The summed E-state index contributed by atoms with van der Waals surface area (Å²) in [7, 11) is 0. The second-order valence-corrected chi connectivity index (χ2v) is 5.96. The third kappa shape index (κ3) is 3.03. The zero-order valence-corrected chi connectivity index (χ0v) is 12.4. The number of hydrogen-bond acceptors (Lipinski definition) is 2. The van der Waals surface area contributed by atoms with Gasteiger partial charge in [-0.1, -0.05) is 25.1 Å². The number of halogens is 1. The van der Waals surface area contributed by atoms with Crippen molar-refractivity contribution in [2.45, 2.75) is 44.6 Å². The molecule has 0 aromatic heterocycles. The van der Waals surface area contributed by atoms with E-state index in [1.165, 1.54) is 0 Å². The van der Waals surface area contributed by atoms with Gasteiger partial charge in [0.25, 0.3) is 0 Å². The molecule has 1 aliphatic heterocycles. The number of nitrogens with one attached hydrogen (secondary N) is 1. The van der Waals surface area contributed by atoms with Gasteiger partial charge >= 0.3 is 0 Å². The van der Waals surface area contributed by atoms with Crippen LogP contribution in [0.15, 0.2) is 18.2 Å². The molecular weight excluding hydrogens is 262 g/mol. The van der Waals surface area contributed by atoms with Crippen molar-refractivity contribution in [1.29, 1.82) is 0 Å². The third-order valence-electron chi connectivity index (χ3n) is 3.17. The number of rotatable bonds is 4. The van der Waals surface area contributed by atoms with E-state index < -0.39 is 5.38 Å². The first-order valence-corrected chi connectivity index (χ1v) is 7.11. The summed E-state index contributed by atoms with van der Waals surface area (Å²) in [6.45, 7) is 6.73. The number of alkyl halides is 1. The van der Waals surface area contributed by atoms with Crippen LogP contribution in [0.3, 0.4) is 0 Å². The average Bonchev–Trinajstić information content (AvgIpc) is 2.68. The molecule has 1 heterocycles. The Morgan fingerprint density at radius 3 is 2.95 bits per heavy atom. The van der Waals surface area contributed by atoms with Gasteiger partial charge in [-0.05, 0) is 25.8 Å². The van der Waals surface area contributed by atoms with E-state index in [9.17, 15) is 4.79 Å². The lowest BCUT2D eigenvalue weighted by molar-refractivity contribution is -0.120. The van der Waals surface area contributed by atoms with Gasteiger partial charge in [0.1, 0.15) is 16.7 Å². The topological polar surface area (TPSA) is 38.3 Å². The van der Waals surface area contributed by atoms with Crippen LogP contribution in [0.25, 0.3) is 0 Å². The SMILES string of the molecule is CCCNC(=O)C(Cl)c1cccc2c1OC(C)(C)C2. The van der Waals surface area contributed by atoms with E-state index in [2.05, 4.69) is 5.32 Å². The molecule has 104 valence electrons. The zero-order valence-electron chi connectivity index (χ0n) is 11.6. The summed E-state index contributed by atoms with van der Waals surface area (Å²) in [5, 5.41) is 2.12. The number of carbonyl (C=O) groups excluding carboxylic acids is 1. The maximum absolute atomic E-state index is 12.0. The molecule has 1 amide bonds. The van der Waals surface area contributed by atoms with Crippen LogP contribution in [-0.2, 0) is 11.2 Å². The Morgan fingerprint density at radius 2 is 2.26 bits per heavy atom. The molecule has 1 aliphatic rings. The van der Waals surface area contributed by atoms with Gasteiger partial charge < -0.3 is 10.1 Å². The number of benzene rings is 1. The highest BCUT2D eigenvalue weighted by Crippen LogP contribution is 2.41. The summed E-state index contributed by atoms with van der Waals surface area (Å²) >= 11 is 6.28. The summed E-state index contributed by atoms with van der Waals surface area (Å²) in [5.74, 6) is 0.615. The third-order valence-corrected chi connectivity index (χ3v) is 3.61. The fraction of sp³-hybridized carbons (Fsp3) is 0.533. The first-order chi connectivity index (χ1) is 8.94. The highest BCUT2D eigenvalue weighted by Gasteiger charge is 2.34. The molecule has 0 saturated carbocycles. The van der Waals surface area contributed by atoms with Crippen molar-refractivity contribution < 1.29 is 9.53 Å². The molecule has 4 heteroatoms. The summed E-state index contributed by atoms with van der Waals surface area (Å²) in [5.41, 5.74) is 1.66. The molecule has 0 spiro atoms. The summed E-state index contributed by atoms with van der Waals surface area (Å²) in [4.78, 5) is 12.0. The first kappa shape index (κ1) is 14.2. The Balaban J connectivity index is 2.23. The van der Waals surface area contributed by atoms with E-state index in [0.717, 1.165) is 29.7 Å². The Kier molecular flexibility index (Phi) is 4.04. The van der Waals surface area contributed by atoms with Gasteiger partial charge in [-0.25, -0.2) is 0 Å². The standard InChI is InChI=1S/C15H20ClNO2/c1-4-8-17-14(18)12(16)11-7-5-6-10-9-15(2,3)19-13(10)11/h5-7,12H,4,8-9H2,1-3H3,(H,17,18). The summed E-state index contributed by atoms with van der Waals surface area (Å²) < 4.78 is 5.94. The number of amides is 1. The monoisotopic (exact) mass is 281 g/mol. The van der Waals surface area contributed by atoms with Gasteiger partial charge in [-0.2, -0.15) is 0 Å². The molecule has 0 bridgehead atoms. The molecule has 19 heavy (non-hydrogen) atoms. The van der Waals surface area contributed by atoms with Crippen molar-refractivity contribution >= 4 is 17.5 Å². The van der Waals surface area contributed by atoms with E-state index in [1.54, 1.807) is 0 Å². The van der Waals surface area contributed by atoms with Gasteiger partial charge in [-0.15, -0.1) is 11.6 Å². The van der Waals surface area contributed by atoms with Crippen molar-refractivity contribution in [3.8, 4) is 5.75 Å². The maximum atomic E-state index is 12.0. The van der Waals surface area contributed by atoms with E-state index in [0.29, 0.717) is 6.54 Å². The fourth-order valence-corrected chi connectivity index (χ4v) is 2.57. The summed E-state index contributed by atoms with van der Waals surface area (Å²) in [6, 6.07) is 5.83. The minimum atomic E-state index is -0.699. The Hall–Kier alpha value is -1.22. The molecule has 0 aliphatic carbocycles. The van der Waals surface area contributed by atoms with E-state index >= 15 is 0 Å². The lowest BCUT2D eigenvalue weighted by Crippen LogP contribution is -2.28. The molecule has 0 saturated heterocycles. The molecule has 1 aromatic rings. The number of carbonyl (C=O) groups is 1. The predicted molar refractivity (Wildman–Crippen MR) is 76.7 cm³/mol. The first-order valence-electron chi connectivity index (χ1n) is 6.67. The second-order valence-electron chi connectivity index (χ2n) is 5.53. The molecule has 1 atom stereocenters. The normalized spacial score (nSPS) is 17.5.